The molecule has 0 bridgehead atoms. The predicted molar refractivity (Wildman–Crippen MR) is 50.9 cm³/mol. The van der Waals surface area contributed by atoms with E-state index in [0.717, 1.165) is 0 Å². The Hall–Kier alpha value is -1.33. The largest absolute Gasteiger partial charge is 0.369 e. The van der Waals surface area contributed by atoms with Crippen molar-refractivity contribution in [2.75, 3.05) is 0 Å². The Labute approximate surface area is 84.1 Å². The molecule has 0 spiro atoms. The van der Waals surface area contributed by atoms with E-state index in [9.17, 15) is 14.4 Å². The smallest absolute Gasteiger partial charge is 0.229 e. The lowest BCUT2D eigenvalue weighted by Crippen LogP contribution is -2.43. The third kappa shape index (κ3) is 2.34. The first kappa shape index (κ1) is 9.24. The van der Waals surface area contributed by atoms with Crippen LogP contribution >= 0.6 is 0 Å². The maximum atomic E-state index is 11.2. The van der Waals surface area contributed by atoms with E-state index < -0.39 is 17.9 Å². The molecule has 75 valence electrons. The van der Waals surface area contributed by atoms with Crippen LogP contribution in [0, 0.1) is 5.92 Å². The van der Waals surface area contributed by atoms with E-state index in [-0.39, 0.29) is 24.4 Å². The summed E-state index contributed by atoms with van der Waals surface area (Å²) in [4.78, 5) is 33.5. The second-order valence-corrected chi connectivity index (χ2v) is 3.32. The first-order chi connectivity index (χ1) is 7.08. The molecule has 1 fully saturated rings. The molecule has 1 saturated carbocycles. The van der Waals surface area contributed by atoms with Gasteiger partial charge in [0.1, 0.15) is 5.78 Å². The maximum absolute atomic E-state index is 11.2. The van der Waals surface area contributed by atoms with Gasteiger partial charge in [-0.25, -0.2) is 0 Å². The highest BCUT2D eigenvalue weighted by atomic mass is 16.2. The van der Waals surface area contributed by atoms with Gasteiger partial charge in [-0.2, -0.15) is 0 Å². The molecular formula is C8H12BN2O3. The van der Waals surface area contributed by atoms with Crippen LogP contribution in [0.4, 0.5) is 4.79 Å². The second kappa shape index (κ2) is 4.26. The minimum Gasteiger partial charge on any atom is -0.369 e. The van der Waals surface area contributed by atoms with Crippen LogP contribution in [0.2, 0.25) is 8.23 Å². The molecule has 1 rings (SSSR count). The molecule has 1 radical (unpaired) electrons. The molecule has 0 aliphatic heterocycles. The summed E-state index contributed by atoms with van der Waals surface area (Å²) in [5.74, 6) is -1.51. The van der Waals surface area contributed by atoms with E-state index in [0.29, 0.717) is 0 Å². The monoisotopic (exact) mass is 196 g/mol. The van der Waals surface area contributed by atoms with Crippen molar-refractivity contribution in [1.29, 1.82) is 0 Å². The summed E-state index contributed by atoms with van der Waals surface area (Å²) in [7, 11) is 1.33. The highest BCUT2D eigenvalue weighted by Gasteiger charge is 2.37. The Bertz CT molecular complexity index is 298. The molecule has 0 unspecified atom stereocenters. The van der Waals surface area contributed by atoms with E-state index in [2.05, 4.69) is 5.32 Å². The van der Waals surface area contributed by atoms with E-state index in [4.69, 9.17) is 1.41 Å². The Morgan fingerprint density at radius 1 is 1.64 bits per heavy atom. The lowest BCUT2D eigenvalue weighted by atomic mass is 9.81. The van der Waals surface area contributed by atoms with Gasteiger partial charge < -0.3 is 11.0 Å². The molecule has 1 aliphatic carbocycles. The van der Waals surface area contributed by atoms with Gasteiger partial charge in [-0.05, 0) is 0 Å². The summed E-state index contributed by atoms with van der Waals surface area (Å²) in [6, 6.07) is -0.480. The van der Waals surface area contributed by atoms with Gasteiger partial charge in [0.25, 0.3) is 0 Å². The van der Waals surface area contributed by atoms with Gasteiger partial charge >= 0.3 is 0 Å². The van der Waals surface area contributed by atoms with Gasteiger partial charge in [0.2, 0.25) is 13.2 Å². The number of carbonyl (C=O) groups is 3. The van der Waals surface area contributed by atoms with Gasteiger partial charge in [-0.1, -0.05) is 6.82 Å². The van der Waals surface area contributed by atoms with Crippen LogP contribution in [0.15, 0.2) is 0 Å². The zero-order valence-electron chi connectivity index (χ0n) is 8.87. The minimum atomic E-state index is -0.612. The number of rotatable bonds is 3. The number of hydrogen-bond acceptors (Lipinski definition) is 3. The Balaban J connectivity index is 2.64. The zero-order chi connectivity index (χ0) is 11.4. The van der Waals surface area contributed by atoms with Crippen molar-refractivity contribution in [1.82, 2.24) is 5.32 Å². The van der Waals surface area contributed by atoms with Crippen LogP contribution in [0.1, 0.15) is 12.8 Å². The number of Topliss-reactive ketones (excluding diaryl/α,β-unsaturated/α-hetero) is 1. The Kier molecular flexibility index (Phi) is 2.81. The van der Waals surface area contributed by atoms with E-state index in [1.807, 2.05) is 0 Å². The number of hydrogen-bond donors (Lipinski definition) is 2. The number of nitrogens with two attached hydrogens (primary N) is 1. The van der Waals surface area contributed by atoms with Gasteiger partial charge in [-0.15, -0.1) is 0 Å². The van der Waals surface area contributed by atoms with Crippen LogP contribution in [0.3, 0.4) is 0 Å². The molecule has 0 heterocycles. The molecule has 0 saturated heterocycles. The van der Waals surface area contributed by atoms with Gasteiger partial charge in [0, 0.05) is 18.9 Å². The maximum Gasteiger partial charge on any atom is 0.229 e. The molecule has 2 amide bonds. The number of primary amides is 1. The normalized spacial score (nSPS) is 26.6. The predicted octanol–water partition coefficient (Wildman–Crippen LogP) is -0.719. The van der Waals surface area contributed by atoms with E-state index >= 15 is 0 Å². The van der Waals surface area contributed by atoms with Gasteiger partial charge in [0.05, 0.1) is 5.92 Å². The Morgan fingerprint density at radius 2 is 2.36 bits per heavy atom. The third-order valence-corrected chi connectivity index (χ3v) is 2.31. The average Bonchev–Trinajstić information content (AvgIpc) is 2.58. The highest BCUT2D eigenvalue weighted by molar-refractivity contribution is 6.72. The number of ketones is 1. The number of amides is 2. The van der Waals surface area contributed by atoms with Crippen LogP contribution in [-0.2, 0) is 9.59 Å². The number of carbonyl (C=O) groups excluding carboxylic acids is 3. The van der Waals surface area contributed by atoms with Crippen molar-refractivity contribution < 1.29 is 15.8 Å². The molecular weight excluding hydrogens is 183 g/mol. The summed E-state index contributed by atoms with van der Waals surface area (Å²) >= 11 is 0. The third-order valence-electron chi connectivity index (χ3n) is 2.31. The molecule has 14 heavy (non-hydrogen) atoms. The standard InChI is InChI=1S/C8H12BN2O3/c1-9-8(14)11-6-3-4(12)2-5(6)7(10)13/h5-6H,2-3H2,1H3,(H2,10,13)(H,11,14)/t5-,6-/m0/s1/i/hD. The lowest BCUT2D eigenvalue weighted by molar-refractivity contribution is -0.124. The topological polar surface area (TPSA) is 89.3 Å². The summed E-state index contributed by atoms with van der Waals surface area (Å²) in [6.07, 6.45) is 0.261. The molecule has 0 aromatic heterocycles. The van der Waals surface area contributed by atoms with Crippen molar-refractivity contribution in [3.05, 3.63) is 0 Å². The van der Waals surface area contributed by atoms with Crippen molar-refractivity contribution in [3.63, 3.8) is 0 Å². The molecule has 3 N–H and O–H groups in total. The van der Waals surface area contributed by atoms with Crippen molar-refractivity contribution in [2.45, 2.75) is 25.7 Å². The van der Waals surface area contributed by atoms with Crippen molar-refractivity contribution in [2.24, 2.45) is 11.6 Å². The molecule has 6 heteroatoms. The van der Waals surface area contributed by atoms with Crippen LogP contribution in [0.5, 0.6) is 0 Å². The molecule has 2 atom stereocenters. The average molecular weight is 196 g/mol. The fourth-order valence-electron chi connectivity index (χ4n) is 1.55. The van der Waals surface area contributed by atoms with E-state index in [1.54, 1.807) is 12.5 Å². The van der Waals surface area contributed by atoms with Gasteiger partial charge in [0.15, 0.2) is 7.22 Å². The first-order valence-electron chi connectivity index (χ1n) is 4.91. The minimum absolute atomic E-state index is 0.0648. The fourth-order valence-corrected chi connectivity index (χ4v) is 1.55. The lowest BCUT2D eigenvalue weighted by Gasteiger charge is -2.16. The van der Waals surface area contributed by atoms with Crippen LogP contribution in [0.25, 0.3) is 0 Å². The van der Waals surface area contributed by atoms with E-state index in [1.165, 1.54) is 7.28 Å². The summed E-state index contributed by atoms with van der Waals surface area (Å²) in [6.45, 7) is 1.58. The second-order valence-electron chi connectivity index (χ2n) is 3.32. The quantitative estimate of drug-likeness (QED) is 0.583. The summed E-state index contributed by atoms with van der Waals surface area (Å²) in [5.41, 5.74) is 1.75. The summed E-state index contributed by atoms with van der Waals surface area (Å²) in [5, 5.41) is 2.56. The van der Waals surface area contributed by atoms with Crippen molar-refractivity contribution >= 4 is 24.8 Å². The van der Waals surface area contributed by atoms with Crippen LogP contribution < -0.4 is 11.0 Å². The zero-order valence-corrected chi connectivity index (χ0v) is 7.87. The number of nitrogens with one attached hydrogen (secondary N) is 1. The SMILES string of the molecule is [2H]NC(=O)[C@H]1CC(=O)C[C@@H]1NC(=O)[B]C. The summed E-state index contributed by atoms with van der Waals surface area (Å²) < 4.78 is 6.73. The van der Waals surface area contributed by atoms with Gasteiger partial charge in [-0.3, -0.25) is 14.4 Å². The molecule has 0 aromatic rings. The Morgan fingerprint density at radius 3 is 2.93 bits per heavy atom. The highest BCUT2D eigenvalue weighted by Crippen LogP contribution is 2.22. The molecule has 1 aliphatic rings. The molecule has 5 nitrogen and oxygen atoms in total. The fraction of sp³-hybridized carbons (Fsp3) is 0.625. The van der Waals surface area contributed by atoms with Crippen LogP contribution in [-0.4, -0.2) is 30.8 Å². The first-order valence-corrected chi connectivity index (χ1v) is 4.41. The van der Waals surface area contributed by atoms with Crippen molar-refractivity contribution in [3.8, 4) is 0 Å². The molecule has 0 aromatic carbocycles.